The standard InChI is InChI=1S/C14H19NO2/c1-11-5-3-4-6-12(11)9-15(2)10-14(7-8-14)13(16)17/h3-6H,7-10H2,1-2H3,(H,16,17). The van der Waals surface area contributed by atoms with Crippen molar-refractivity contribution in [1.29, 1.82) is 0 Å². The van der Waals surface area contributed by atoms with E-state index >= 15 is 0 Å². The molecule has 1 aliphatic rings. The third kappa shape index (κ3) is 2.67. The number of aliphatic carboxylic acids is 1. The number of benzene rings is 1. The van der Waals surface area contributed by atoms with Gasteiger partial charge in [0.15, 0.2) is 0 Å². The second-order valence-corrected chi connectivity index (χ2v) is 5.18. The summed E-state index contributed by atoms with van der Waals surface area (Å²) in [5.74, 6) is -0.644. The fraction of sp³-hybridized carbons (Fsp3) is 0.500. The highest BCUT2D eigenvalue weighted by Gasteiger charge is 2.50. The Balaban J connectivity index is 1.96. The number of carboxylic acids is 1. The van der Waals surface area contributed by atoms with E-state index < -0.39 is 11.4 Å². The number of carboxylic acid groups (broad SMARTS) is 1. The number of carbonyl (C=O) groups is 1. The zero-order valence-electron chi connectivity index (χ0n) is 10.4. The predicted octanol–water partition coefficient (Wildman–Crippen LogP) is 2.29. The maximum Gasteiger partial charge on any atom is 0.310 e. The molecule has 0 aromatic heterocycles. The summed E-state index contributed by atoms with van der Waals surface area (Å²) in [5, 5.41) is 9.15. The molecule has 0 bridgehead atoms. The van der Waals surface area contributed by atoms with E-state index in [1.165, 1.54) is 11.1 Å². The zero-order valence-corrected chi connectivity index (χ0v) is 10.4. The predicted molar refractivity (Wildman–Crippen MR) is 66.8 cm³/mol. The molecule has 1 N–H and O–H groups in total. The van der Waals surface area contributed by atoms with E-state index in [2.05, 4.69) is 24.0 Å². The van der Waals surface area contributed by atoms with Gasteiger partial charge in [0.2, 0.25) is 0 Å². The van der Waals surface area contributed by atoms with Crippen LogP contribution >= 0.6 is 0 Å². The van der Waals surface area contributed by atoms with E-state index in [0.717, 1.165) is 19.4 Å². The molecule has 0 atom stereocenters. The van der Waals surface area contributed by atoms with Gasteiger partial charge in [-0.15, -0.1) is 0 Å². The van der Waals surface area contributed by atoms with Crippen molar-refractivity contribution in [3.05, 3.63) is 35.4 Å². The summed E-state index contributed by atoms with van der Waals surface area (Å²) in [7, 11) is 2.00. The first-order chi connectivity index (χ1) is 8.03. The van der Waals surface area contributed by atoms with Crippen molar-refractivity contribution in [2.24, 2.45) is 5.41 Å². The van der Waals surface area contributed by atoms with Crippen LogP contribution in [0.2, 0.25) is 0 Å². The highest BCUT2D eigenvalue weighted by Crippen LogP contribution is 2.46. The minimum atomic E-state index is -0.644. The molecule has 0 unspecified atom stereocenters. The van der Waals surface area contributed by atoms with Crippen LogP contribution in [0.3, 0.4) is 0 Å². The third-order valence-electron chi connectivity index (χ3n) is 3.58. The smallest absolute Gasteiger partial charge is 0.310 e. The van der Waals surface area contributed by atoms with Gasteiger partial charge in [-0.05, 0) is 37.9 Å². The molecule has 0 amide bonds. The second kappa shape index (κ2) is 4.49. The first kappa shape index (κ1) is 12.1. The molecule has 1 aromatic rings. The lowest BCUT2D eigenvalue weighted by atomic mass is 10.1. The molecule has 0 radical (unpaired) electrons. The van der Waals surface area contributed by atoms with Crippen molar-refractivity contribution in [3.8, 4) is 0 Å². The van der Waals surface area contributed by atoms with Crippen LogP contribution in [0.15, 0.2) is 24.3 Å². The van der Waals surface area contributed by atoms with Crippen LogP contribution < -0.4 is 0 Å². The first-order valence-corrected chi connectivity index (χ1v) is 6.00. The minimum absolute atomic E-state index is 0.461. The average molecular weight is 233 g/mol. The molecule has 1 fully saturated rings. The molecule has 3 nitrogen and oxygen atoms in total. The van der Waals surface area contributed by atoms with Crippen molar-refractivity contribution in [1.82, 2.24) is 4.90 Å². The van der Waals surface area contributed by atoms with Crippen LogP contribution in [0, 0.1) is 12.3 Å². The largest absolute Gasteiger partial charge is 0.481 e. The molecule has 1 saturated carbocycles. The van der Waals surface area contributed by atoms with Crippen molar-refractivity contribution in [3.63, 3.8) is 0 Å². The van der Waals surface area contributed by atoms with E-state index in [1.54, 1.807) is 0 Å². The maximum atomic E-state index is 11.1. The van der Waals surface area contributed by atoms with Gasteiger partial charge in [-0.25, -0.2) is 0 Å². The highest BCUT2D eigenvalue weighted by atomic mass is 16.4. The molecule has 1 aromatic carbocycles. The van der Waals surface area contributed by atoms with Gasteiger partial charge in [-0.1, -0.05) is 24.3 Å². The monoisotopic (exact) mass is 233 g/mol. The van der Waals surface area contributed by atoms with Crippen LogP contribution in [0.25, 0.3) is 0 Å². The zero-order chi connectivity index (χ0) is 12.5. The lowest BCUT2D eigenvalue weighted by Crippen LogP contribution is -2.31. The SMILES string of the molecule is Cc1ccccc1CN(C)CC1(C(=O)O)CC1. The summed E-state index contributed by atoms with van der Waals surface area (Å²) < 4.78 is 0. The highest BCUT2D eigenvalue weighted by molar-refractivity contribution is 5.78. The summed E-state index contributed by atoms with van der Waals surface area (Å²) in [4.78, 5) is 13.2. The maximum absolute atomic E-state index is 11.1. The Morgan fingerprint density at radius 3 is 2.59 bits per heavy atom. The molecule has 17 heavy (non-hydrogen) atoms. The van der Waals surface area contributed by atoms with Gasteiger partial charge in [0.1, 0.15) is 0 Å². The Bertz CT molecular complexity index is 424. The van der Waals surface area contributed by atoms with Crippen molar-refractivity contribution >= 4 is 5.97 Å². The van der Waals surface area contributed by atoms with Gasteiger partial charge < -0.3 is 10.0 Å². The third-order valence-corrected chi connectivity index (χ3v) is 3.58. The fourth-order valence-electron chi connectivity index (χ4n) is 2.24. The van der Waals surface area contributed by atoms with E-state index in [4.69, 9.17) is 5.11 Å². The van der Waals surface area contributed by atoms with Crippen molar-refractivity contribution in [2.45, 2.75) is 26.3 Å². The van der Waals surface area contributed by atoms with Crippen LogP contribution in [-0.4, -0.2) is 29.6 Å². The summed E-state index contributed by atoms with van der Waals surface area (Å²) in [6.45, 7) is 3.56. The quantitative estimate of drug-likeness (QED) is 0.848. The normalized spacial score (nSPS) is 17.1. The van der Waals surface area contributed by atoms with Crippen LogP contribution in [0.1, 0.15) is 24.0 Å². The number of nitrogens with zero attached hydrogens (tertiary/aromatic N) is 1. The molecular formula is C14H19NO2. The molecule has 92 valence electrons. The van der Waals surface area contributed by atoms with Gasteiger partial charge in [0.25, 0.3) is 0 Å². The summed E-state index contributed by atoms with van der Waals surface area (Å²) in [6, 6.07) is 8.25. The van der Waals surface area contributed by atoms with E-state index in [-0.39, 0.29) is 0 Å². The molecule has 1 aliphatic carbocycles. The Labute approximate surface area is 102 Å². The van der Waals surface area contributed by atoms with Crippen molar-refractivity contribution in [2.75, 3.05) is 13.6 Å². The van der Waals surface area contributed by atoms with E-state index in [9.17, 15) is 4.79 Å². The minimum Gasteiger partial charge on any atom is -0.481 e. The molecule has 0 aliphatic heterocycles. The Hall–Kier alpha value is -1.35. The molecule has 3 heteroatoms. The van der Waals surface area contributed by atoms with Crippen LogP contribution in [0.5, 0.6) is 0 Å². The number of rotatable bonds is 5. The number of hydrogen-bond acceptors (Lipinski definition) is 2. The molecular weight excluding hydrogens is 214 g/mol. The summed E-state index contributed by atoms with van der Waals surface area (Å²) in [6.07, 6.45) is 1.64. The second-order valence-electron chi connectivity index (χ2n) is 5.18. The summed E-state index contributed by atoms with van der Waals surface area (Å²) >= 11 is 0. The first-order valence-electron chi connectivity index (χ1n) is 6.00. The molecule has 2 rings (SSSR count). The van der Waals surface area contributed by atoms with E-state index in [0.29, 0.717) is 6.54 Å². The summed E-state index contributed by atoms with van der Waals surface area (Å²) in [5.41, 5.74) is 2.08. The van der Waals surface area contributed by atoms with Gasteiger partial charge in [-0.3, -0.25) is 4.79 Å². The van der Waals surface area contributed by atoms with Crippen LogP contribution in [0.4, 0.5) is 0 Å². The topological polar surface area (TPSA) is 40.5 Å². The Kier molecular flexibility index (Phi) is 3.20. The molecule has 0 saturated heterocycles. The van der Waals surface area contributed by atoms with E-state index in [1.807, 2.05) is 19.2 Å². The average Bonchev–Trinajstić information content (AvgIpc) is 3.02. The van der Waals surface area contributed by atoms with Gasteiger partial charge in [0, 0.05) is 13.1 Å². The lowest BCUT2D eigenvalue weighted by molar-refractivity contribution is -0.144. The van der Waals surface area contributed by atoms with Gasteiger partial charge >= 0.3 is 5.97 Å². The lowest BCUT2D eigenvalue weighted by Gasteiger charge is -2.21. The van der Waals surface area contributed by atoms with Gasteiger partial charge in [0.05, 0.1) is 5.41 Å². The Morgan fingerprint density at radius 1 is 1.41 bits per heavy atom. The Morgan fingerprint density at radius 2 is 2.06 bits per heavy atom. The molecule has 0 heterocycles. The van der Waals surface area contributed by atoms with Gasteiger partial charge in [-0.2, -0.15) is 0 Å². The van der Waals surface area contributed by atoms with Crippen LogP contribution in [-0.2, 0) is 11.3 Å². The molecule has 0 spiro atoms. The number of aryl methyl sites for hydroxylation is 1. The number of hydrogen-bond donors (Lipinski definition) is 1. The van der Waals surface area contributed by atoms with Crippen molar-refractivity contribution < 1.29 is 9.90 Å². The fourth-order valence-corrected chi connectivity index (χ4v) is 2.24.